The van der Waals surface area contributed by atoms with Gasteiger partial charge < -0.3 is 10.5 Å². The standard InChI is InChI=1S/C17H16N2O2.ClH/c1-21-17(20)16(19)10-12-2-6-14(7-3-12)15-8-4-13(11-18)5-9-15;/h2-9,16H,10,19H2,1H3;1H/t16-;/m1./s1. The highest BCUT2D eigenvalue weighted by molar-refractivity contribution is 5.85. The molecular formula is C17H17ClN2O2. The van der Waals surface area contributed by atoms with Crippen LogP contribution in [0.5, 0.6) is 0 Å². The molecule has 5 heteroatoms. The number of nitrogens with zero attached hydrogens (tertiary/aromatic N) is 1. The van der Waals surface area contributed by atoms with Gasteiger partial charge in [0.15, 0.2) is 0 Å². The van der Waals surface area contributed by atoms with E-state index in [-0.39, 0.29) is 12.4 Å². The Morgan fingerprint density at radius 2 is 1.64 bits per heavy atom. The van der Waals surface area contributed by atoms with E-state index in [4.69, 9.17) is 11.0 Å². The van der Waals surface area contributed by atoms with Gasteiger partial charge in [-0.3, -0.25) is 4.79 Å². The molecule has 0 bridgehead atoms. The number of carbonyl (C=O) groups excluding carboxylic acids is 1. The molecule has 0 unspecified atom stereocenters. The van der Waals surface area contributed by atoms with Gasteiger partial charge in [-0.2, -0.15) is 5.26 Å². The number of rotatable bonds is 4. The Morgan fingerprint density at radius 1 is 1.14 bits per heavy atom. The maximum atomic E-state index is 11.3. The largest absolute Gasteiger partial charge is 0.468 e. The first-order valence-electron chi connectivity index (χ1n) is 6.57. The van der Waals surface area contributed by atoms with Crippen molar-refractivity contribution in [3.05, 3.63) is 59.7 Å². The third kappa shape index (κ3) is 4.32. The summed E-state index contributed by atoms with van der Waals surface area (Å²) in [7, 11) is 1.33. The zero-order valence-electron chi connectivity index (χ0n) is 12.2. The van der Waals surface area contributed by atoms with Gasteiger partial charge >= 0.3 is 5.97 Å². The minimum Gasteiger partial charge on any atom is -0.468 e. The molecule has 0 heterocycles. The number of methoxy groups -OCH3 is 1. The minimum absolute atomic E-state index is 0. The second kappa shape index (κ2) is 8.18. The number of benzene rings is 2. The Kier molecular flexibility index (Phi) is 6.58. The Balaban J connectivity index is 0.00000242. The van der Waals surface area contributed by atoms with Crippen molar-refractivity contribution in [2.24, 2.45) is 5.73 Å². The highest BCUT2D eigenvalue weighted by Gasteiger charge is 2.13. The second-order valence-electron chi connectivity index (χ2n) is 4.72. The highest BCUT2D eigenvalue weighted by atomic mass is 35.5. The van der Waals surface area contributed by atoms with Crippen LogP contribution < -0.4 is 5.73 Å². The summed E-state index contributed by atoms with van der Waals surface area (Å²) in [5, 5.41) is 8.78. The van der Waals surface area contributed by atoms with E-state index in [1.165, 1.54) is 7.11 Å². The van der Waals surface area contributed by atoms with E-state index in [1.54, 1.807) is 12.1 Å². The average Bonchev–Trinajstić information content (AvgIpc) is 2.55. The van der Waals surface area contributed by atoms with Crippen LogP contribution >= 0.6 is 12.4 Å². The molecule has 0 aliphatic carbocycles. The fraction of sp³-hybridized carbons (Fsp3) is 0.176. The van der Waals surface area contributed by atoms with Crippen molar-refractivity contribution < 1.29 is 9.53 Å². The van der Waals surface area contributed by atoms with Crippen molar-refractivity contribution in [1.82, 2.24) is 0 Å². The lowest BCUT2D eigenvalue weighted by molar-refractivity contribution is -0.142. The summed E-state index contributed by atoms with van der Waals surface area (Å²) >= 11 is 0. The Bertz CT molecular complexity index is 661. The molecule has 114 valence electrons. The fourth-order valence-electron chi connectivity index (χ4n) is 2.06. The predicted molar refractivity (Wildman–Crippen MR) is 87.5 cm³/mol. The molecule has 2 aromatic carbocycles. The molecule has 2 rings (SSSR count). The minimum atomic E-state index is -0.643. The van der Waals surface area contributed by atoms with Crippen LogP contribution in [0.1, 0.15) is 11.1 Å². The zero-order chi connectivity index (χ0) is 15.2. The summed E-state index contributed by atoms with van der Waals surface area (Å²) in [6.07, 6.45) is 0.445. The van der Waals surface area contributed by atoms with E-state index in [1.807, 2.05) is 36.4 Å². The first kappa shape index (κ1) is 17.7. The van der Waals surface area contributed by atoms with Crippen LogP contribution in [0.25, 0.3) is 11.1 Å². The van der Waals surface area contributed by atoms with Gasteiger partial charge in [-0.05, 0) is 35.2 Å². The summed E-state index contributed by atoms with van der Waals surface area (Å²) in [5.74, 6) is -0.411. The molecule has 0 amide bonds. The number of esters is 1. The van der Waals surface area contributed by atoms with Crippen molar-refractivity contribution in [2.45, 2.75) is 12.5 Å². The number of hydrogen-bond acceptors (Lipinski definition) is 4. The number of nitrogens with two attached hydrogens (primary N) is 1. The lowest BCUT2D eigenvalue weighted by Gasteiger charge is -2.10. The Labute approximate surface area is 135 Å². The summed E-state index contributed by atoms with van der Waals surface area (Å²) in [6.45, 7) is 0. The number of nitriles is 1. The molecule has 0 aliphatic heterocycles. The zero-order valence-corrected chi connectivity index (χ0v) is 13.0. The molecule has 4 nitrogen and oxygen atoms in total. The molecule has 0 saturated heterocycles. The van der Waals surface area contributed by atoms with Gasteiger partial charge in [0.05, 0.1) is 18.7 Å². The van der Waals surface area contributed by atoms with E-state index in [9.17, 15) is 4.79 Å². The maximum Gasteiger partial charge on any atom is 0.322 e. The van der Waals surface area contributed by atoms with Crippen molar-refractivity contribution in [2.75, 3.05) is 7.11 Å². The van der Waals surface area contributed by atoms with Gasteiger partial charge in [0.25, 0.3) is 0 Å². The SMILES string of the molecule is COC(=O)[C@H](N)Cc1ccc(-c2ccc(C#N)cc2)cc1.Cl. The topological polar surface area (TPSA) is 76.1 Å². The molecule has 2 aromatic rings. The third-order valence-corrected chi connectivity index (χ3v) is 3.26. The maximum absolute atomic E-state index is 11.3. The molecule has 0 saturated carbocycles. The quantitative estimate of drug-likeness (QED) is 0.880. The van der Waals surface area contributed by atoms with Gasteiger partial charge in [-0.1, -0.05) is 36.4 Å². The van der Waals surface area contributed by atoms with E-state index >= 15 is 0 Å². The van der Waals surface area contributed by atoms with Crippen molar-refractivity contribution >= 4 is 18.4 Å². The lowest BCUT2D eigenvalue weighted by atomic mass is 10.0. The van der Waals surface area contributed by atoms with Crippen molar-refractivity contribution in [1.29, 1.82) is 5.26 Å². The number of halogens is 1. The molecule has 0 spiro atoms. The van der Waals surface area contributed by atoms with Crippen LogP contribution in [0.2, 0.25) is 0 Å². The normalized spacial score (nSPS) is 11.0. The van der Waals surface area contributed by atoms with E-state index in [0.29, 0.717) is 12.0 Å². The Hall–Kier alpha value is -2.35. The number of carbonyl (C=O) groups is 1. The molecule has 1 atom stereocenters. The Morgan fingerprint density at radius 3 is 2.09 bits per heavy atom. The summed E-state index contributed by atoms with van der Waals surface area (Å²) < 4.78 is 4.61. The molecule has 0 radical (unpaired) electrons. The first-order valence-corrected chi connectivity index (χ1v) is 6.57. The lowest BCUT2D eigenvalue weighted by Crippen LogP contribution is -2.33. The van der Waals surface area contributed by atoms with E-state index < -0.39 is 12.0 Å². The van der Waals surface area contributed by atoms with Crippen LogP contribution in [-0.2, 0) is 16.0 Å². The third-order valence-electron chi connectivity index (χ3n) is 3.26. The molecule has 0 fully saturated rings. The van der Waals surface area contributed by atoms with Crippen LogP contribution in [0.3, 0.4) is 0 Å². The predicted octanol–water partition coefficient (Wildman–Crippen LogP) is 2.69. The van der Waals surface area contributed by atoms with Gasteiger partial charge in [0.1, 0.15) is 6.04 Å². The number of hydrogen-bond donors (Lipinski definition) is 1. The van der Waals surface area contributed by atoms with E-state index in [0.717, 1.165) is 16.7 Å². The smallest absolute Gasteiger partial charge is 0.322 e. The van der Waals surface area contributed by atoms with Gasteiger partial charge in [0, 0.05) is 0 Å². The van der Waals surface area contributed by atoms with E-state index in [2.05, 4.69) is 10.8 Å². The van der Waals surface area contributed by atoms with Gasteiger partial charge in [-0.25, -0.2) is 0 Å². The average molecular weight is 317 g/mol. The monoisotopic (exact) mass is 316 g/mol. The van der Waals surface area contributed by atoms with Crippen molar-refractivity contribution in [3.63, 3.8) is 0 Å². The summed E-state index contributed by atoms with van der Waals surface area (Å²) in [5.41, 5.74) is 9.44. The molecule has 2 N–H and O–H groups in total. The molecular weight excluding hydrogens is 300 g/mol. The van der Waals surface area contributed by atoms with Crippen LogP contribution in [0, 0.1) is 11.3 Å². The van der Waals surface area contributed by atoms with Gasteiger partial charge in [0.2, 0.25) is 0 Å². The molecule has 22 heavy (non-hydrogen) atoms. The highest BCUT2D eigenvalue weighted by Crippen LogP contribution is 2.20. The first-order chi connectivity index (χ1) is 10.1. The van der Waals surface area contributed by atoms with Crippen molar-refractivity contribution in [3.8, 4) is 17.2 Å². The fourth-order valence-corrected chi connectivity index (χ4v) is 2.06. The molecule has 0 aromatic heterocycles. The van der Waals surface area contributed by atoms with Crippen LogP contribution in [0.15, 0.2) is 48.5 Å². The second-order valence-corrected chi connectivity index (χ2v) is 4.72. The summed E-state index contributed by atoms with van der Waals surface area (Å²) in [6, 6.07) is 16.7. The van der Waals surface area contributed by atoms with Gasteiger partial charge in [-0.15, -0.1) is 12.4 Å². The van der Waals surface area contributed by atoms with Crippen LogP contribution in [-0.4, -0.2) is 19.1 Å². The number of ether oxygens (including phenoxy) is 1. The molecule has 0 aliphatic rings. The van der Waals surface area contributed by atoms with Crippen LogP contribution in [0.4, 0.5) is 0 Å². The summed E-state index contributed by atoms with van der Waals surface area (Å²) in [4.78, 5) is 11.3.